The molecule has 0 saturated carbocycles. The fourth-order valence-electron chi connectivity index (χ4n) is 0.885. The summed E-state index contributed by atoms with van der Waals surface area (Å²) in [6.07, 6.45) is 3.69. The van der Waals surface area contributed by atoms with Crippen LogP contribution in [0, 0.1) is 11.5 Å². The Hall–Kier alpha value is -0.710. The first-order valence-corrected chi connectivity index (χ1v) is 7.59. The summed E-state index contributed by atoms with van der Waals surface area (Å²) in [5, 5.41) is 14.8. The average molecular weight is 272 g/mol. The number of rotatable bonds is 5. The number of amidine groups is 1. The summed E-state index contributed by atoms with van der Waals surface area (Å²) < 4.78 is 0. The van der Waals surface area contributed by atoms with E-state index >= 15 is 0 Å². The zero-order valence-electron chi connectivity index (χ0n) is 8.84. The molecule has 0 spiro atoms. The van der Waals surface area contributed by atoms with Gasteiger partial charge in [0.1, 0.15) is 5.01 Å². The van der Waals surface area contributed by atoms with Crippen molar-refractivity contribution in [2.45, 2.75) is 5.75 Å². The van der Waals surface area contributed by atoms with Crippen LogP contribution in [0.2, 0.25) is 0 Å². The van der Waals surface area contributed by atoms with E-state index in [-0.39, 0.29) is 0 Å². The van der Waals surface area contributed by atoms with Crippen molar-refractivity contribution in [3.05, 3.63) is 16.6 Å². The molecule has 0 amide bonds. The highest BCUT2D eigenvalue weighted by Crippen LogP contribution is 2.15. The molecule has 0 aliphatic carbocycles. The molecule has 7 heteroatoms. The zero-order valence-corrected chi connectivity index (χ0v) is 11.3. The van der Waals surface area contributed by atoms with E-state index in [4.69, 9.17) is 5.26 Å². The topological polar surface area (TPSA) is 61.1 Å². The van der Waals surface area contributed by atoms with Crippen LogP contribution in [0.3, 0.4) is 0 Å². The maximum absolute atomic E-state index is 8.43. The van der Waals surface area contributed by atoms with Crippen LogP contribution in [0.5, 0.6) is 0 Å². The summed E-state index contributed by atoms with van der Waals surface area (Å²) in [7, 11) is 1.68. The fraction of sp³-hybridized carbons (Fsp3) is 0.444. The van der Waals surface area contributed by atoms with Gasteiger partial charge in [0.2, 0.25) is 0 Å². The van der Waals surface area contributed by atoms with Crippen molar-refractivity contribution < 1.29 is 0 Å². The molecule has 0 saturated heterocycles. The molecule has 4 nitrogen and oxygen atoms in total. The quantitative estimate of drug-likeness (QED) is 0.293. The second kappa shape index (κ2) is 8.44. The Labute approximate surface area is 108 Å². The van der Waals surface area contributed by atoms with E-state index in [1.165, 1.54) is 0 Å². The monoisotopic (exact) mass is 272 g/mol. The number of nitrogens with zero attached hydrogens (tertiary/aromatic N) is 3. The van der Waals surface area contributed by atoms with Crippen molar-refractivity contribution in [3.8, 4) is 6.19 Å². The third-order valence-corrected chi connectivity index (χ3v) is 4.70. The average Bonchev–Trinajstić information content (AvgIpc) is 2.80. The highest BCUT2D eigenvalue weighted by molar-refractivity contribution is 8.14. The van der Waals surface area contributed by atoms with Crippen LogP contribution in [0.15, 0.2) is 16.6 Å². The number of aliphatic imine (C=N–C) groups is 1. The van der Waals surface area contributed by atoms with Gasteiger partial charge in [-0.2, -0.15) is 17.0 Å². The number of hydrogen-bond acceptors (Lipinski definition) is 6. The molecule has 16 heavy (non-hydrogen) atoms. The van der Waals surface area contributed by atoms with E-state index in [1.807, 2.05) is 29.5 Å². The molecule has 0 bridgehead atoms. The molecule has 1 rings (SSSR count). The Morgan fingerprint density at radius 3 is 3.19 bits per heavy atom. The van der Waals surface area contributed by atoms with Crippen LogP contribution in [0.1, 0.15) is 5.01 Å². The van der Waals surface area contributed by atoms with Gasteiger partial charge in [-0.15, -0.1) is 11.3 Å². The van der Waals surface area contributed by atoms with Crippen LogP contribution >= 0.6 is 34.9 Å². The highest BCUT2D eigenvalue weighted by atomic mass is 32.2. The molecular formula is C9H12N4S3. The highest BCUT2D eigenvalue weighted by Gasteiger charge is 1.99. The molecular weight excluding hydrogens is 260 g/mol. The van der Waals surface area contributed by atoms with Gasteiger partial charge >= 0.3 is 0 Å². The smallest absolute Gasteiger partial charge is 0.183 e. The summed E-state index contributed by atoms with van der Waals surface area (Å²) in [6, 6.07) is 0. The SMILES string of the molecule is C/N=C(\NC#N)SCCSCc1nccs1. The van der Waals surface area contributed by atoms with Gasteiger partial charge in [0.15, 0.2) is 11.4 Å². The lowest BCUT2D eigenvalue weighted by Gasteiger charge is -2.01. The predicted octanol–water partition coefficient (Wildman–Crippen LogP) is 2.17. The molecule has 1 aromatic heterocycles. The van der Waals surface area contributed by atoms with Crippen molar-refractivity contribution in [1.82, 2.24) is 10.3 Å². The van der Waals surface area contributed by atoms with E-state index in [0.29, 0.717) is 5.17 Å². The van der Waals surface area contributed by atoms with Gasteiger partial charge < -0.3 is 0 Å². The van der Waals surface area contributed by atoms with Crippen LogP contribution in [0.25, 0.3) is 0 Å². The molecule has 0 aliphatic rings. The predicted molar refractivity (Wildman–Crippen MR) is 72.8 cm³/mol. The van der Waals surface area contributed by atoms with Gasteiger partial charge in [-0.25, -0.2) is 4.98 Å². The summed E-state index contributed by atoms with van der Waals surface area (Å²) in [5.74, 6) is 2.93. The molecule has 0 atom stereocenters. The summed E-state index contributed by atoms with van der Waals surface area (Å²) in [4.78, 5) is 8.16. The third kappa shape index (κ3) is 5.39. The Morgan fingerprint density at radius 1 is 1.69 bits per heavy atom. The molecule has 1 N–H and O–H groups in total. The van der Waals surface area contributed by atoms with Gasteiger partial charge in [-0.3, -0.25) is 10.3 Å². The van der Waals surface area contributed by atoms with Crippen LogP contribution in [0.4, 0.5) is 0 Å². The summed E-state index contributed by atoms with van der Waals surface area (Å²) >= 11 is 5.09. The van der Waals surface area contributed by atoms with E-state index in [0.717, 1.165) is 22.3 Å². The van der Waals surface area contributed by atoms with Gasteiger partial charge in [0.25, 0.3) is 0 Å². The van der Waals surface area contributed by atoms with Gasteiger partial charge in [-0.05, 0) is 0 Å². The first-order chi connectivity index (χ1) is 7.86. The molecule has 86 valence electrons. The zero-order chi connectivity index (χ0) is 11.6. The van der Waals surface area contributed by atoms with E-state index in [1.54, 1.807) is 30.1 Å². The number of hydrogen-bond donors (Lipinski definition) is 1. The lowest BCUT2D eigenvalue weighted by atomic mass is 10.8. The van der Waals surface area contributed by atoms with Crippen molar-refractivity contribution in [1.29, 1.82) is 5.26 Å². The molecule has 1 aromatic rings. The van der Waals surface area contributed by atoms with E-state index in [9.17, 15) is 0 Å². The fourth-order valence-corrected chi connectivity index (χ4v) is 3.45. The van der Waals surface area contributed by atoms with Crippen LogP contribution in [-0.4, -0.2) is 28.7 Å². The lowest BCUT2D eigenvalue weighted by molar-refractivity contribution is 1.26. The minimum Gasteiger partial charge on any atom is -0.272 e. The number of aromatic nitrogens is 1. The first-order valence-electron chi connectivity index (χ1n) is 4.57. The molecule has 0 unspecified atom stereocenters. The normalized spacial score (nSPS) is 11.1. The Bertz CT molecular complexity index is 355. The van der Waals surface area contributed by atoms with Gasteiger partial charge in [-0.1, -0.05) is 11.8 Å². The maximum Gasteiger partial charge on any atom is 0.183 e. The van der Waals surface area contributed by atoms with E-state index in [2.05, 4.69) is 15.3 Å². The summed E-state index contributed by atoms with van der Waals surface area (Å²) in [5.41, 5.74) is 0. The van der Waals surface area contributed by atoms with Crippen molar-refractivity contribution in [2.75, 3.05) is 18.6 Å². The second-order valence-corrected chi connectivity index (χ2v) is 5.76. The Balaban J connectivity index is 2.06. The molecule has 0 aromatic carbocycles. The van der Waals surface area contributed by atoms with Gasteiger partial charge in [0.05, 0.1) is 0 Å². The van der Waals surface area contributed by atoms with Crippen molar-refractivity contribution in [2.24, 2.45) is 4.99 Å². The lowest BCUT2D eigenvalue weighted by Crippen LogP contribution is -2.14. The number of nitrogens with one attached hydrogen (secondary N) is 1. The third-order valence-electron chi connectivity index (χ3n) is 1.54. The summed E-state index contributed by atoms with van der Waals surface area (Å²) in [6.45, 7) is 0. The molecule has 1 heterocycles. The second-order valence-electron chi connectivity index (χ2n) is 2.59. The molecule has 0 radical (unpaired) electrons. The largest absolute Gasteiger partial charge is 0.272 e. The van der Waals surface area contributed by atoms with Crippen molar-refractivity contribution in [3.63, 3.8) is 0 Å². The minimum atomic E-state index is 0.678. The van der Waals surface area contributed by atoms with Gasteiger partial charge in [0, 0.05) is 35.9 Å². The standard InChI is InChI=1S/C9H12N4S3/c1-11-9(13-7-10)16-5-4-14-6-8-12-2-3-15-8/h2-3H,4-6H2,1H3,(H,11,13). The van der Waals surface area contributed by atoms with E-state index < -0.39 is 0 Å². The minimum absolute atomic E-state index is 0.678. The number of thioether (sulfide) groups is 2. The molecule has 0 fully saturated rings. The van der Waals surface area contributed by atoms with Crippen molar-refractivity contribution >= 4 is 40.0 Å². The Kier molecular flexibility index (Phi) is 7.05. The Morgan fingerprint density at radius 2 is 2.56 bits per heavy atom. The first kappa shape index (κ1) is 13.4. The number of nitriles is 1. The van der Waals surface area contributed by atoms with Crippen LogP contribution in [-0.2, 0) is 5.75 Å². The number of thiazole rings is 1. The molecule has 0 aliphatic heterocycles. The maximum atomic E-state index is 8.43. The van der Waals surface area contributed by atoms with Crippen LogP contribution < -0.4 is 5.32 Å².